The van der Waals surface area contributed by atoms with Crippen LogP contribution in [0, 0.1) is 5.92 Å². The maximum atomic E-state index is 12.4. The number of halogens is 1. The van der Waals surface area contributed by atoms with Crippen LogP contribution in [0.2, 0.25) is 5.02 Å². The van der Waals surface area contributed by atoms with Crippen LogP contribution in [-0.4, -0.2) is 36.9 Å². The van der Waals surface area contributed by atoms with Crippen LogP contribution in [0.1, 0.15) is 17.5 Å². The zero-order chi connectivity index (χ0) is 19.2. The monoisotopic (exact) mass is 386 g/mol. The number of benzene rings is 2. The van der Waals surface area contributed by atoms with Crippen molar-refractivity contribution in [3.8, 4) is 5.75 Å². The van der Waals surface area contributed by atoms with E-state index in [-0.39, 0.29) is 24.2 Å². The quantitative estimate of drug-likeness (QED) is 0.795. The molecule has 1 unspecified atom stereocenters. The Morgan fingerprint density at radius 3 is 2.70 bits per heavy atom. The number of carbonyl (C=O) groups is 2. The topological polar surface area (TPSA) is 58.6 Å². The first kappa shape index (κ1) is 19.2. The van der Waals surface area contributed by atoms with E-state index in [2.05, 4.69) is 5.32 Å². The molecule has 0 bridgehead atoms. The predicted molar refractivity (Wildman–Crippen MR) is 105 cm³/mol. The fraction of sp³-hybridized carbons (Fsp3) is 0.333. The minimum atomic E-state index is -0.296. The lowest BCUT2D eigenvalue weighted by Gasteiger charge is -2.16. The Hall–Kier alpha value is -2.53. The highest BCUT2D eigenvalue weighted by Crippen LogP contribution is 2.20. The Kier molecular flexibility index (Phi) is 6.35. The number of carbonyl (C=O) groups excluding carboxylic acids is 2. The van der Waals surface area contributed by atoms with E-state index in [4.69, 9.17) is 16.3 Å². The molecule has 1 N–H and O–H groups in total. The third kappa shape index (κ3) is 5.23. The van der Waals surface area contributed by atoms with Gasteiger partial charge in [0.25, 0.3) is 0 Å². The molecule has 0 aliphatic carbocycles. The van der Waals surface area contributed by atoms with E-state index in [9.17, 15) is 9.59 Å². The maximum Gasteiger partial charge on any atom is 0.225 e. The molecule has 1 saturated heterocycles. The van der Waals surface area contributed by atoms with E-state index < -0.39 is 0 Å². The Morgan fingerprint density at radius 2 is 2.00 bits per heavy atom. The summed E-state index contributed by atoms with van der Waals surface area (Å²) in [6.07, 6.45) is 0.997. The lowest BCUT2D eigenvalue weighted by Crippen LogP contribution is -2.33. The van der Waals surface area contributed by atoms with Crippen molar-refractivity contribution in [1.29, 1.82) is 0 Å². The summed E-state index contributed by atoms with van der Waals surface area (Å²) in [6.45, 7) is 1.51. The summed E-state index contributed by atoms with van der Waals surface area (Å²) in [5.41, 5.74) is 2.08. The van der Waals surface area contributed by atoms with Crippen molar-refractivity contribution in [2.45, 2.75) is 19.4 Å². The Balaban J connectivity index is 1.47. The SMILES string of the molecule is COc1ccc(CNC(=O)C2CC(=O)N(CCc3cccc(Cl)c3)C2)cc1. The third-order valence-corrected chi connectivity index (χ3v) is 5.01. The first-order valence-electron chi connectivity index (χ1n) is 8.98. The van der Waals surface area contributed by atoms with Crippen molar-refractivity contribution in [2.24, 2.45) is 5.92 Å². The predicted octanol–water partition coefficient (Wildman–Crippen LogP) is 3.06. The Labute approximate surface area is 164 Å². The van der Waals surface area contributed by atoms with Gasteiger partial charge in [0.2, 0.25) is 11.8 Å². The second kappa shape index (κ2) is 8.91. The molecule has 0 aromatic heterocycles. The fourth-order valence-electron chi connectivity index (χ4n) is 3.20. The first-order chi connectivity index (χ1) is 13.0. The number of rotatable bonds is 7. The zero-order valence-corrected chi connectivity index (χ0v) is 16.0. The molecule has 2 aromatic carbocycles. The Morgan fingerprint density at radius 1 is 1.22 bits per heavy atom. The van der Waals surface area contributed by atoms with Crippen molar-refractivity contribution in [2.75, 3.05) is 20.2 Å². The summed E-state index contributed by atoms with van der Waals surface area (Å²) in [5.74, 6) is 0.433. The molecule has 2 amide bonds. The highest BCUT2D eigenvalue weighted by molar-refractivity contribution is 6.30. The van der Waals surface area contributed by atoms with Gasteiger partial charge in [-0.15, -0.1) is 0 Å². The normalized spacial score (nSPS) is 16.4. The standard InChI is InChI=1S/C21H23ClN2O3/c1-27-19-7-5-16(6-8-19)13-23-21(26)17-12-20(25)24(14-17)10-9-15-3-2-4-18(22)11-15/h2-8,11,17H,9-10,12-14H2,1H3,(H,23,26). The summed E-state index contributed by atoms with van der Waals surface area (Å²) in [6, 6.07) is 15.2. The average molecular weight is 387 g/mol. The summed E-state index contributed by atoms with van der Waals surface area (Å²) in [7, 11) is 1.62. The zero-order valence-electron chi connectivity index (χ0n) is 15.3. The number of hydrogen-bond acceptors (Lipinski definition) is 3. The fourth-order valence-corrected chi connectivity index (χ4v) is 3.41. The molecule has 142 valence electrons. The van der Waals surface area contributed by atoms with E-state index in [1.165, 1.54) is 0 Å². The minimum absolute atomic E-state index is 0.0293. The highest BCUT2D eigenvalue weighted by Gasteiger charge is 2.33. The summed E-state index contributed by atoms with van der Waals surface area (Å²) in [4.78, 5) is 26.4. The molecule has 5 nitrogen and oxygen atoms in total. The van der Waals surface area contributed by atoms with Gasteiger partial charge in [0.15, 0.2) is 0 Å². The molecule has 2 aromatic rings. The van der Waals surface area contributed by atoms with E-state index in [1.54, 1.807) is 12.0 Å². The van der Waals surface area contributed by atoms with Crippen molar-refractivity contribution in [3.63, 3.8) is 0 Å². The number of ether oxygens (including phenoxy) is 1. The van der Waals surface area contributed by atoms with Crippen molar-refractivity contribution in [1.82, 2.24) is 10.2 Å². The highest BCUT2D eigenvalue weighted by atomic mass is 35.5. The van der Waals surface area contributed by atoms with Gasteiger partial charge in [0, 0.05) is 31.1 Å². The summed E-state index contributed by atoms with van der Waals surface area (Å²) in [5, 5.41) is 3.62. The van der Waals surface area contributed by atoms with Crippen LogP contribution in [0.3, 0.4) is 0 Å². The largest absolute Gasteiger partial charge is 0.497 e. The second-order valence-corrected chi connectivity index (χ2v) is 7.12. The van der Waals surface area contributed by atoms with Crippen molar-refractivity contribution >= 4 is 23.4 Å². The van der Waals surface area contributed by atoms with Gasteiger partial charge in [0.05, 0.1) is 13.0 Å². The smallest absolute Gasteiger partial charge is 0.225 e. The minimum Gasteiger partial charge on any atom is -0.497 e. The van der Waals surface area contributed by atoms with Crippen LogP contribution in [0.15, 0.2) is 48.5 Å². The molecule has 27 heavy (non-hydrogen) atoms. The number of methoxy groups -OCH3 is 1. The molecule has 1 aliphatic rings. The second-order valence-electron chi connectivity index (χ2n) is 6.69. The Bertz CT molecular complexity index is 807. The van der Waals surface area contributed by atoms with E-state index in [0.717, 1.165) is 23.3 Å². The molecule has 6 heteroatoms. The molecule has 3 rings (SSSR count). The molecule has 1 fully saturated rings. The van der Waals surface area contributed by atoms with E-state index >= 15 is 0 Å². The molecular formula is C21H23ClN2O3. The molecule has 0 spiro atoms. The summed E-state index contributed by atoms with van der Waals surface area (Å²) >= 11 is 6.00. The van der Waals surface area contributed by atoms with Crippen LogP contribution < -0.4 is 10.1 Å². The van der Waals surface area contributed by atoms with Gasteiger partial charge in [-0.05, 0) is 41.8 Å². The van der Waals surface area contributed by atoms with Crippen LogP contribution in [0.25, 0.3) is 0 Å². The number of hydrogen-bond donors (Lipinski definition) is 1. The van der Waals surface area contributed by atoms with Crippen molar-refractivity contribution in [3.05, 3.63) is 64.7 Å². The van der Waals surface area contributed by atoms with Gasteiger partial charge in [-0.2, -0.15) is 0 Å². The number of nitrogens with one attached hydrogen (secondary N) is 1. The van der Waals surface area contributed by atoms with Crippen LogP contribution in [-0.2, 0) is 22.6 Å². The molecular weight excluding hydrogens is 364 g/mol. The molecule has 1 atom stereocenters. The van der Waals surface area contributed by atoms with Gasteiger partial charge in [-0.1, -0.05) is 35.9 Å². The van der Waals surface area contributed by atoms with Gasteiger partial charge >= 0.3 is 0 Å². The van der Waals surface area contributed by atoms with Crippen LogP contribution in [0.5, 0.6) is 5.75 Å². The van der Waals surface area contributed by atoms with E-state index in [1.807, 2.05) is 48.5 Å². The lowest BCUT2D eigenvalue weighted by atomic mass is 10.1. The average Bonchev–Trinajstić information content (AvgIpc) is 3.06. The van der Waals surface area contributed by atoms with Gasteiger partial charge in [-0.3, -0.25) is 9.59 Å². The lowest BCUT2D eigenvalue weighted by molar-refractivity contribution is -0.129. The van der Waals surface area contributed by atoms with Gasteiger partial charge in [0.1, 0.15) is 5.75 Å². The molecule has 0 radical (unpaired) electrons. The van der Waals surface area contributed by atoms with Gasteiger partial charge in [-0.25, -0.2) is 0 Å². The maximum absolute atomic E-state index is 12.4. The number of likely N-dealkylation sites (tertiary alicyclic amines) is 1. The van der Waals surface area contributed by atoms with Crippen molar-refractivity contribution < 1.29 is 14.3 Å². The van der Waals surface area contributed by atoms with Gasteiger partial charge < -0.3 is 15.0 Å². The molecule has 1 heterocycles. The molecule has 0 saturated carbocycles. The molecule has 1 aliphatic heterocycles. The number of amides is 2. The van der Waals surface area contributed by atoms with E-state index in [0.29, 0.717) is 24.7 Å². The first-order valence-corrected chi connectivity index (χ1v) is 9.36. The third-order valence-electron chi connectivity index (χ3n) is 4.77. The number of nitrogens with zero attached hydrogens (tertiary/aromatic N) is 1. The summed E-state index contributed by atoms with van der Waals surface area (Å²) < 4.78 is 5.12. The van der Waals surface area contributed by atoms with Crippen LogP contribution in [0.4, 0.5) is 0 Å². The van der Waals surface area contributed by atoms with Crippen LogP contribution >= 0.6 is 11.6 Å².